The molecule has 24 heavy (non-hydrogen) atoms. The molecule has 1 aromatic rings. The number of anilines is 1. The van der Waals surface area contributed by atoms with Crippen molar-refractivity contribution in [3.05, 3.63) is 28.7 Å². The minimum Gasteiger partial charge on any atom is -0.362 e. The van der Waals surface area contributed by atoms with E-state index >= 15 is 0 Å². The molecule has 1 aromatic carbocycles. The Morgan fingerprint density at radius 3 is 2.54 bits per heavy atom. The van der Waals surface area contributed by atoms with Crippen LogP contribution in [0.4, 0.5) is 5.69 Å². The molecule has 0 atom stereocenters. The molecule has 1 rings (SSSR count). The van der Waals surface area contributed by atoms with Crippen molar-refractivity contribution in [1.82, 2.24) is 5.32 Å². The number of carbonyl (C=O) groups excluding carboxylic acids is 2. The molecule has 0 aliphatic rings. The van der Waals surface area contributed by atoms with Gasteiger partial charge in [0.15, 0.2) is 0 Å². The molecule has 0 radical (unpaired) electrons. The van der Waals surface area contributed by atoms with Crippen molar-refractivity contribution in [1.29, 1.82) is 0 Å². The Bertz CT molecular complexity index is 522. The van der Waals surface area contributed by atoms with Crippen LogP contribution in [0.2, 0.25) is 0 Å². The normalized spacial score (nSPS) is 10.7. The van der Waals surface area contributed by atoms with Crippen LogP contribution >= 0.6 is 15.9 Å². The number of rotatable bonds is 11. The lowest BCUT2D eigenvalue weighted by atomic mass is 10.3. The lowest BCUT2D eigenvalue weighted by Crippen LogP contribution is -3.11. The molecule has 6 nitrogen and oxygen atoms in total. The molecule has 2 amide bonds. The van der Waals surface area contributed by atoms with Gasteiger partial charge < -0.3 is 20.3 Å². The van der Waals surface area contributed by atoms with Crippen LogP contribution in [0.25, 0.3) is 0 Å². The van der Waals surface area contributed by atoms with E-state index < -0.39 is 0 Å². The van der Waals surface area contributed by atoms with E-state index in [0.717, 1.165) is 30.5 Å². The first kappa shape index (κ1) is 20.6. The first-order valence-corrected chi connectivity index (χ1v) is 9.07. The zero-order valence-corrected chi connectivity index (χ0v) is 15.9. The summed E-state index contributed by atoms with van der Waals surface area (Å²) in [5.41, 5.74) is 0.682. The smallest absolute Gasteiger partial charge is 0.250 e. The molecule has 134 valence electrons. The second kappa shape index (κ2) is 12.0. The SMILES string of the molecule is CC[NH+](CC)CCCNC(=O)COCC(=O)Nc1cccc(Br)c1. The minimum atomic E-state index is -0.286. The number of hydrogen-bond acceptors (Lipinski definition) is 3. The lowest BCUT2D eigenvalue weighted by molar-refractivity contribution is -0.896. The van der Waals surface area contributed by atoms with Crippen LogP contribution in [0, 0.1) is 0 Å². The monoisotopic (exact) mass is 400 g/mol. The second-order valence-corrected chi connectivity index (χ2v) is 6.38. The predicted octanol–water partition coefficient (Wildman–Crippen LogP) is 0.835. The number of carbonyl (C=O) groups is 2. The zero-order valence-electron chi connectivity index (χ0n) is 14.4. The summed E-state index contributed by atoms with van der Waals surface area (Å²) in [4.78, 5) is 24.9. The molecule has 0 saturated heterocycles. The van der Waals surface area contributed by atoms with Gasteiger partial charge in [-0.2, -0.15) is 0 Å². The summed E-state index contributed by atoms with van der Waals surface area (Å²) in [6, 6.07) is 7.28. The van der Waals surface area contributed by atoms with Crippen LogP contribution in [-0.2, 0) is 14.3 Å². The van der Waals surface area contributed by atoms with Crippen molar-refractivity contribution in [2.24, 2.45) is 0 Å². The van der Waals surface area contributed by atoms with Gasteiger partial charge in [0, 0.05) is 23.1 Å². The Kier molecular flexibility index (Phi) is 10.3. The van der Waals surface area contributed by atoms with E-state index in [1.165, 1.54) is 4.90 Å². The lowest BCUT2D eigenvalue weighted by Gasteiger charge is -2.15. The van der Waals surface area contributed by atoms with E-state index in [9.17, 15) is 9.59 Å². The van der Waals surface area contributed by atoms with Gasteiger partial charge in [-0.05, 0) is 32.0 Å². The Hall–Kier alpha value is -1.44. The van der Waals surface area contributed by atoms with Crippen LogP contribution in [0.1, 0.15) is 20.3 Å². The molecule has 0 heterocycles. The summed E-state index contributed by atoms with van der Waals surface area (Å²) in [7, 11) is 0. The summed E-state index contributed by atoms with van der Waals surface area (Å²) in [6.45, 7) is 7.93. The fraction of sp³-hybridized carbons (Fsp3) is 0.529. The topological polar surface area (TPSA) is 71.9 Å². The maximum absolute atomic E-state index is 11.7. The number of ether oxygens (including phenoxy) is 1. The maximum atomic E-state index is 11.7. The number of quaternary nitrogens is 1. The van der Waals surface area contributed by atoms with Crippen molar-refractivity contribution in [2.75, 3.05) is 44.7 Å². The molecule has 7 heteroatoms. The fourth-order valence-electron chi connectivity index (χ4n) is 2.22. The number of halogens is 1. The highest BCUT2D eigenvalue weighted by atomic mass is 79.9. The van der Waals surface area contributed by atoms with Gasteiger partial charge in [-0.1, -0.05) is 22.0 Å². The van der Waals surface area contributed by atoms with Gasteiger partial charge in [-0.25, -0.2) is 0 Å². The second-order valence-electron chi connectivity index (χ2n) is 5.46. The van der Waals surface area contributed by atoms with E-state index in [1.54, 1.807) is 12.1 Å². The predicted molar refractivity (Wildman–Crippen MR) is 98.1 cm³/mol. The van der Waals surface area contributed by atoms with Crippen LogP contribution in [0.5, 0.6) is 0 Å². The molecule has 0 bridgehead atoms. The summed E-state index contributed by atoms with van der Waals surface area (Å²) in [5.74, 6) is -0.481. The Morgan fingerprint density at radius 2 is 1.88 bits per heavy atom. The minimum absolute atomic E-state index is 0.107. The van der Waals surface area contributed by atoms with Crippen molar-refractivity contribution >= 4 is 33.4 Å². The third-order valence-electron chi connectivity index (χ3n) is 3.60. The van der Waals surface area contributed by atoms with E-state index in [4.69, 9.17) is 4.74 Å². The standard InChI is InChI=1S/C17H26BrN3O3/c1-3-21(4-2)10-6-9-19-16(22)12-24-13-17(23)20-15-8-5-7-14(18)11-15/h5,7-8,11H,3-4,6,9-10,12-13H2,1-2H3,(H,19,22)(H,20,23)/p+1. The Balaban J connectivity index is 2.11. The van der Waals surface area contributed by atoms with E-state index in [1.807, 2.05) is 12.1 Å². The Morgan fingerprint density at radius 1 is 1.17 bits per heavy atom. The summed E-state index contributed by atoms with van der Waals surface area (Å²) < 4.78 is 6.02. The van der Waals surface area contributed by atoms with Crippen molar-refractivity contribution in [3.8, 4) is 0 Å². The van der Waals surface area contributed by atoms with Crippen LogP contribution in [-0.4, -0.2) is 51.2 Å². The van der Waals surface area contributed by atoms with Gasteiger partial charge >= 0.3 is 0 Å². The summed E-state index contributed by atoms with van der Waals surface area (Å²) in [6.07, 6.45) is 0.937. The van der Waals surface area contributed by atoms with E-state index in [0.29, 0.717) is 12.2 Å². The highest BCUT2D eigenvalue weighted by Crippen LogP contribution is 2.15. The molecule has 0 aromatic heterocycles. The van der Waals surface area contributed by atoms with Crippen LogP contribution < -0.4 is 15.5 Å². The Labute approximate surface area is 152 Å². The fourth-order valence-corrected chi connectivity index (χ4v) is 2.62. The summed E-state index contributed by atoms with van der Waals surface area (Å²) >= 11 is 3.33. The number of benzene rings is 1. The van der Waals surface area contributed by atoms with Crippen LogP contribution in [0.15, 0.2) is 28.7 Å². The number of nitrogens with one attached hydrogen (secondary N) is 3. The number of hydrogen-bond donors (Lipinski definition) is 3. The van der Waals surface area contributed by atoms with Gasteiger partial charge in [-0.15, -0.1) is 0 Å². The molecule has 0 spiro atoms. The van der Waals surface area contributed by atoms with Gasteiger partial charge in [0.1, 0.15) is 13.2 Å². The third kappa shape index (κ3) is 9.00. The molecule has 0 fully saturated rings. The molecule has 3 N–H and O–H groups in total. The average molecular weight is 401 g/mol. The van der Waals surface area contributed by atoms with Crippen molar-refractivity contribution in [3.63, 3.8) is 0 Å². The summed E-state index contributed by atoms with van der Waals surface area (Å²) in [5, 5.41) is 5.51. The van der Waals surface area contributed by atoms with E-state index in [2.05, 4.69) is 40.4 Å². The third-order valence-corrected chi connectivity index (χ3v) is 4.10. The van der Waals surface area contributed by atoms with Gasteiger partial charge in [0.25, 0.3) is 0 Å². The highest BCUT2D eigenvalue weighted by Gasteiger charge is 2.07. The van der Waals surface area contributed by atoms with Gasteiger partial charge in [0.2, 0.25) is 11.8 Å². The first-order chi connectivity index (χ1) is 11.5. The number of amides is 2. The quantitative estimate of drug-likeness (QED) is 0.481. The largest absolute Gasteiger partial charge is 0.362 e. The molecule has 0 aliphatic carbocycles. The molecule has 0 aliphatic heterocycles. The molecular weight excluding hydrogens is 374 g/mol. The van der Waals surface area contributed by atoms with Gasteiger partial charge in [0.05, 0.1) is 19.6 Å². The zero-order chi connectivity index (χ0) is 17.8. The molecular formula is C17H27BrN3O3+. The molecule has 0 saturated carbocycles. The maximum Gasteiger partial charge on any atom is 0.250 e. The van der Waals surface area contributed by atoms with Crippen LogP contribution in [0.3, 0.4) is 0 Å². The van der Waals surface area contributed by atoms with Crippen molar-refractivity contribution < 1.29 is 19.2 Å². The highest BCUT2D eigenvalue weighted by molar-refractivity contribution is 9.10. The molecule has 0 unspecified atom stereocenters. The van der Waals surface area contributed by atoms with Gasteiger partial charge in [-0.3, -0.25) is 9.59 Å². The van der Waals surface area contributed by atoms with Crippen molar-refractivity contribution in [2.45, 2.75) is 20.3 Å². The van der Waals surface area contributed by atoms with E-state index in [-0.39, 0.29) is 25.0 Å². The first-order valence-electron chi connectivity index (χ1n) is 8.28. The average Bonchev–Trinajstić information content (AvgIpc) is 2.55.